The molecule has 17 heteroatoms. The number of ether oxygens (including phenoxy) is 10. The van der Waals surface area contributed by atoms with Crippen LogP contribution in [0.15, 0.2) is 176 Å². The summed E-state index contributed by atoms with van der Waals surface area (Å²) in [4.78, 5) is 70.0. The molecule has 17 nitrogen and oxygen atoms in total. The fourth-order valence-corrected chi connectivity index (χ4v) is 7.76. The number of methoxy groups -OCH3 is 1. The molecule has 0 radical (unpaired) electrons. The molecule has 2 fully saturated rings. The Morgan fingerprint density at radius 3 is 1.23 bits per heavy atom. The number of carbonyl (C=O) groups is 5. The molecule has 2 saturated heterocycles. The van der Waals surface area contributed by atoms with Gasteiger partial charge in [0.15, 0.2) is 30.7 Å². The summed E-state index contributed by atoms with van der Waals surface area (Å²) < 4.78 is 61.2. The zero-order valence-corrected chi connectivity index (χ0v) is 37.9. The molecular weight excluding hydrogens is 921 g/mol. The summed E-state index contributed by atoms with van der Waals surface area (Å²) in [6.07, 6.45) is -17.5. The highest BCUT2D eigenvalue weighted by Gasteiger charge is 2.57. The van der Waals surface area contributed by atoms with Crippen LogP contribution < -0.4 is 9.47 Å². The molecule has 0 aliphatic carbocycles. The lowest BCUT2D eigenvalue weighted by molar-refractivity contribution is -0.350. The summed E-state index contributed by atoms with van der Waals surface area (Å²) in [5.74, 6) is -3.92. The Morgan fingerprint density at radius 1 is 0.437 bits per heavy atom. The van der Waals surface area contributed by atoms with E-state index in [0.717, 1.165) is 0 Å². The van der Waals surface area contributed by atoms with Gasteiger partial charge in [0.05, 0.1) is 41.5 Å². The Kier molecular flexibility index (Phi) is 16.4. The Labute approximate surface area is 407 Å². The predicted octanol–water partition coefficient (Wildman–Crippen LogP) is 6.02. The first-order chi connectivity index (χ1) is 34.6. The number of benzene rings is 6. The SMILES string of the molecule is COc1ccc(O[C@@H]2O[C@H](CO)[C@H](O)[C@H](O[C@@H]3O[C@H](COC(=O)c4ccccc4)[C@H](OC(=O)c4ccccc4)[C@H](OC(=O)c4ccccc4)[C@H]3OC(=O)c3ccccc3)[C@H]2OC(=O)c2ccccc2)cc1. The average molecular weight is 969 g/mol. The van der Waals surface area contributed by atoms with Gasteiger partial charge in [0.25, 0.3) is 0 Å². The maximum absolute atomic E-state index is 14.2. The van der Waals surface area contributed by atoms with E-state index in [4.69, 9.17) is 47.4 Å². The molecule has 2 heterocycles. The third kappa shape index (κ3) is 12.3. The Morgan fingerprint density at radius 2 is 0.803 bits per heavy atom. The van der Waals surface area contributed by atoms with E-state index >= 15 is 0 Å². The van der Waals surface area contributed by atoms with Gasteiger partial charge < -0.3 is 57.6 Å². The monoisotopic (exact) mass is 968 g/mol. The second-order valence-electron chi connectivity index (χ2n) is 16.1. The van der Waals surface area contributed by atoms with E-state index in [1.165, 1.54) is 67.8 Å². The van der Waals surface area contributed by atoms with Crippen LogP contribution >= 0.6 is 0 Å². The molecule has 6 aromatic carbocycles. The zero-order chi connectivity index (χ0) is 49.7. The minimum atomic E-state index is -1.97. The van der Waals surface area contributed by atoms with Crippen LogP contribution in [0.5, 0.6) is 11.5 Å². The summed E-state index contributed by atoms with van der Waals surface area (Å²) in [6, 6.07) is 45.5. The smallest absolute Gasteiger partial charge is 0.338 e. The third-order valence-electron chi connectivity index (χ3n) is 11.4. The molecule has 0 amide bonds. The molecule has 6 aromatic rings. The molecule has 8 rings (SSSR count). The van der Waals surface area contributed by atoms with Crippen LogP contribution in [0.2, 0.25) is 0 Å². The molecule has 0 bridgehead atoms. The van der Waals surface area contributed by atoms with Gasteiger partial charge in [-0.05, 0) is 84.9 Å². The number of hydrogen-bond donors (Lipinski definition) is 2. The van der Waals surface area contributed by atoms with Gasteiger partial charge in [0, 0.05) is 0 Å². The summed E-state index contributed by atoms with van der Waals surface area (Å²) in [7, 11) is 1.48. The van der Waals surface area contributed by atoms with Gasteiger partial charge >= 0.3 is 29.8 Å². The molecule has 71 heavy (non-hydrogen) atoms. The first-order valence-corrected chi connectivity index (χ1v) is 22.4. The van der Waals surface area contributed by atoms with Crippen molar-refractivity contribution in [3.05, 3.63) is 204 Å². The van der Waals surface area contributed by atoms with Crippen molar-refractivity contribution >= 4 is 29.8 Å². The molecule has 0 saturated carbocycles. The van der Waals surface area contributed by atoms with Gasteiger partial charge in [-0.3, -0.25) is 0 Å². The van der Waals surface area contributed by atoms with Crippen LogP contribution in [-0.2, 0) is 37.9 Å². The van der Waals surface area contributed by atoms with Crippen molar-refractivity contribution in [1.82, 2.24) is 0 Å². The van der Waals surface area contributed by atoms with Crippen LogP contribution in [0.4, 0.5) is 0 Å². The van der Waals surface area contributed by atoms with Crippen LogP contribution in [0.25, 0.3) is 0 Å². The molecule has 366 valence electrons. The van der Waals surface area contributed by atoms with Gasteiger partial charge in [0.2, 0.25) is 6.29 Å². The zero-order valence-electron chi connectivity index (χ0n) is 37.9. The normalized spacial score (nSPS) is 23.8. The van der Waals surface area contributed by atoms with Crippen molar-refractivity contribution < 1.29 is 81.6 Å². The average Bonchev–Trinajstić information content (AvgIpc) is 3.42. The van der Waals surface area contributed by atoms with E-state index in [9.17, 15) is 34.2 Å². The first kappa shape index (κ1) is 49.5. The van der Waals surface area contributed by atoms with E-state index < -0.39 is 104 Å². The number of hydrogen-bond acceptors (Lipinski definition) is 17. The summed E-state index contributed by atoms with van der Waals surface area (Å²) in [6.45, 7) is -1.50. The topological polar surface area (TPSA) is 218 Å². The third-order valence-corrected chi connectivity index (χ3v) is 11.4. The van der Waals surface area contributed by atoms with Crippen LogP contribution in [-0.4, -0.2) is 122 Å². The van der Waals surface area contributed by atoms with Crippen molar-refractivity contribution in [2.75, 3.05) is 20.3 Å². The summed E-state index contributed by atoms with van der Waals surface area (Å²) in [5.41, 5.74) is 0.394. The minimum absolute atomic E-state index is 0.0326. The van der Waals surface area contributed by atoms with Crippen molar-refractivity contribution in [3.8, 4) is 11.5 Å². The van der Waals surface area contributed by atoms with Gasteiger partial charge in [-0.15, -0.1) is 0 Å². The minimum Gasteiger partial charge on any atom is -0.497 e. The highest BCUT2D eigenvalue weighted by Crippen LogP contribution is 2.36. The number of rotatable bonds is 17. The van der Waals surface area contributed by atoms with Gasteiger partial charge in [-0.25, -0.2) is 24.0 Å². The molecule has 2 aliphatic rings. The fourth-order valence-electron chi connectivity index (χ4n) is 7.76. The van der Waals surface area contributed by atoms with Crippen molar-refractivity contribution in [3.63, 3.8) is 0 Å². The van der Waals surface area contributed by atoms with Gasteiger partial charge in [0.1, 0.15) is 42.5 Å². The second kappa shape index (κ2) is 23.6. The Hall–Kier alpha value is -7.93. The first-order valence-electron chi connectivity index (χ1n) is 22.4. The summed E-state index contributed by atoms with van der Waals surface area (Å²) in [5, 5.41) is 22.7. The second-order valence-corrected chi connectivity index (χ2v) is 16.1. The van der Waals surface area contributed by atoms with Gasteiger partial charge in [-0.2, -0.15) is 0 Å². The lowest BCUT2D eigenvalue weighted by Gasteiger charge is -2.48. The lowest BCUT2D eigenvalue weighted by atomic mass is 9.95. The van der Waals surface area contributed by atoms with E-state index in [2.05, 4.69) is 0 Å². The lowest BCUT2D eigenvalue weighted by Crippen LogP contribution is -2.67. The maximum Gasteiger partial charge on any atom is 0.338 e. The van der Waals surface area contributed by atoms with Crippen molar-refractivity contribution in [1.29, 1.82) is 0 Å². The highest BCUT2D eigenvalue weighted by atomic mass is 16.8. The van der Waals surface area contributed by atoms with Gasteiger partial charge in [-0.1, -0.05) is 91.0 Å². The van der Waals surface area contributed by atoms with E-state index in [1.807, 2.05) is 0 Å². The fraction of sp³-hybridized carbons (Fsp3) is 0.241. The van der Waals surface area contributed by atoms with Crippen LogP contribution in [0.1, 0.15) is 51.8 Å². The summed E-state index contributed by atoms with van der Waals surface area (Å²) >= 11 is 0. The number of carbonyl (C=O) groups excluding carboxylic acids is 5. The Balaban J connectivity index is 1.24. The highest BCUT2D eigenvalue weighted by molar-refractivity contribution is 5.92. The van der Waals surface area contributed by atoms with Crippen molar-refractivity contribution in [2.45, 2.75) is 61.4 Å². The quantitative estimate of drug-likeness (QED) is 0.0789. The molecule has 0 aromatic heterocycles. The Bertz CT molecular complexity index is 2690. The maximum atomic E-state index is 14.2. The van der Waals surface area contributed by atoms with E-state index in [-0.39, 0.29) is 33.6 Å². The molecule has 10 atom stereocenters. The van der Waals surface area contributed by atoms with E-state index in [1.54, 1.807) is 115 Å². The molecule has 0 unspecified atom stereocenters. The number of aliphatic hydroxyl groups is 2. The van der Waals surface area contributed by atoms with E-state index in [0.29, 0.717) is 5.75 Å². The number of esters is 5. The predicted molar refractivity (Wildman–Crippen MR) is 248 cm³/mol. The molecule has 0 spiro atoms. The number of aliphatic hydroxyl groups excluding tert-OH is 2. The van der Waals surface area contributed by atoms with Crippen LogP contribution in [0, 0.1) is 0 Å². The molecular formula is C54H48O17. The molecule has 2 N–H and O–H groups in total. The molecule has 2 aliphatic heterocycles. The largest absolute Gasteiger partial charge is 0.497 e. The standard InChI is InChI=1S/C54H48O17/c1-62-38-27-29-39(30-28-38)64-53-46(69-51(60)36-23-13-5-14-24-36)44(42(56)40(31-55)65-53)71-54-47(70-52(61)37-25-15-6-16-26-37)45(68-50(59)35-21-11-4-12-22-35)43(67-49(58)34-19-9-3-10-20-34)41(66-54)32-63-48(57)33-17-7-2-8-18-33/h2-30,40-47,53-56H,31-32H2,1H3/t40-,41-,42+,43+,44+,45+,46-,47-,53-,54+/m1/s1. The van der Waals surface area contributed by atoms with Crippen molar-refractivity contribution in [2.24, 2.45) is 0 Å². The van der Waals surface area contributed by atoms with Crippen LogP contribution in [0.3, 0.4) is 0 Å².